The zero-order chi connectivity index (χ0) is 13.5. The van der Waals surface area contributed by atoms with E-state index in [0.29, 0.717) is 19.4 Å². The lowest BCUT2D eigenvalue weighted by atomic mass is 10.2. The van der Waals surface area contributed by atoms with E-state index in [1.54, 1.807) is 0 Å². The molecule has 1 atom stereocenters. The van der Waals surface area contributed by atoms with E-state index in [0.717, 1.165) is 0 Å². The van der Waals surface area contributed by atoms with Gasteiger partial charge in [-0.2, -0.15) is 0 Å². The first-order valence-corrected chi connectivity index (χ1v) is 5.65. The summed E-state index contributed by atoms with van der Waals surface area (Å²) >= 11 is 0. The van der Waals surface area contributed by atoms with Gasteiger partial charge in [0.1, 0.15) is 12.6 Å². The normalized spacial score (nSPS) is 19.3. The van der Waals surface area contributed by atoms with Crippen molar-refractivity contribution >= 4 is 12.0 Å². The molecule has 0 bridgehead atoms. The van der Waals surface area contributed by atoms with Crippen LogP contribution < -0.4 is 5.32 Å². The van der Waals surface area contributed by atoms with E-state index in [-0.39, 0.29) is 13.2 Å². The third-order valence-electron chi connectivity index (χ3n) is 2.57. The predicted molar refractivity (Wildman–Crippen MR) is 57.6 cm³/mol. The summed E-state index contributed by atoms with van der Waals surface area (Å²) in [5, 5.41) is 11.3. The lowest BCUT2D eigenvalue weighted by Gasteiger charge is -2.21. The van der Waals surface area contributed by atoms with E-state index >= 15 is 0 Å². The van der Waals surface area contributed by atoms with Gasteiger partial charge in [-0.3, -0.25) is 0 Å². The van der Waals surface area contributed by atoms with Crippen molar-refractivity contribution in [2.75, 3.05) is 26.3 Å². The Kier molecular flexibility index (Phi) is 5.76. The number of carbonyl (C=O) groups excluding carboxylic acids is 1. The number of likely N-dealkylation sites (tertiary alicyclic amines) is 1. The average molecular weight is 266 g/mol. The molecule has 6 nitrogen and oxygen atoms in total. The predicted octanol–water partition coefficient (Wildman–Crippen LogP) is 0.527. The highest BCUT2D eigenvalue weighted by molar-refractivity contribution is 5.83. The summed E-state index contributed by atoms with van der Waals surface area (Å²) in [4.78, 5) is 23.7. The first-order chi connectivity index (χ1) is 8.52. The van der Waals surface area contributed by atoms with Gasteiger partial charge in [-0.1, -0.05) is 0 Å². The number of hydrogen-bond donors (Lipinski definition) is 2. The largest absolute Gasteiger partial charge is 0.480 e. The number of ether oxygens (including phenoxy) is 1. The van der Waals surface area contributed by atoms with Crippen LogP contribution in [0.2, 0.25) is 0 Å². The molecular formula is C10H16F2N2O4. The number of hydrogen-bond acceptors (Lipinski definition) is 3. The smallest absolute Gasteiger partial charge is 0.326 e. The number of halogens is 2. The SMILES string of the molecule is O=C(O)[C@H]1CCCN1C(=O)NCCOCC(F)F. The number of nitrogens with zero attached hydrogens (tertiary/aromatic N) is 1. The molecule has 0 radical (unpaired) electrons. The molecule has 0 spiro atoms. The average Bonchev–Trinajstić information content (AvgIpc) is 2.76. The van der Waals surface area contributed by atoms with Crippen LogP contribution in [0.25, 0.3) is 0 Å². The van der Waals surface area contributed by atoms with E-state index in [2.05, 4.69) is 10.1 Å². The number of nitrogens with one attached hydrogen (secondary N) is 1. The van der Waals surface area contributed by atoms with Crippen LogP contribution in [-0.4, -0.2) is 60.8 Å². The maximum Gasteiger partial charge on any atom is 0.326 e. The number of carboxylic acid groups (broad SMARTS) is 1. The molecule has 8 heteroatoms. The Bertz CT molecular complexity index is 302. The Morgan fingerprint density at radius 1 is 1.50 bits per heavy atom. The number of carboxylic acids is 1. The summed E-state index contributed by atoms with van der Waals surface area (Å²) < 4.78 is 28.0. The zero-order valence-corrected chi connectivity index (χ0v) is 9.77. The van der Waals surface area contributed by atoms with Crippen LogP contribution in [0.15, 0.2) is 0 Å². The van der Waals surface area contributed by atoms with Crippen molar-refractivity contribution < 1.29 is 28.2 Å². The van der Waals surface area contributed by atoms with Gasteiger partial charge in [-0.25, -0.2) is 18.4 Å². The summed E-state index contributed by atoms with van der Waals surface area (Å²) in [6.45, 7) is -0.228. The molecule has 1 heterocycles. The topological polar surface area (TPSA) is 78.9 Å². The highest BCUT2D eigenvalue weighted by Gasteiger charge is 2.33. The Balaban J connectivity index is 2.22. The molecule has 0 aromatic heterocycles. The van der Waals surface area contributed by atoms with Gasteiger partial charge in [0.15, 0.2) is 0 Å². The minimum absolute atomic E-state index is 0.0261. The van der Waals surface area contributed by atoms with Crippen LogP contribution in [0.5, 0.6) is 0 Å². The second kappa shape index (κ2) is 7.10. The van der Waals surface area contributed by atoms with Crippen LogP contribution in [0.1, 0.15) is 12.8 Å². The molecule has 104 valence electrons. The molecule has 0 saturated carbocycles. The first kappa shape index (κ1) is 14.6. The molecule has 0 aliphatic carbocycles. The summed E-state index contributed by atoms with van der Waals surface area (Å²) in [5.74, 6) is -1.03. The van der Waals surface area contributed by atoms with Gasteiger partial charge >= 0.3 is 12.0 Å². The van der Waals surface area contributed by atoms with Crippen molar-refractivity contribution in [3.05, 3.63) is 0 Å². The molecule has 2 amide bonds. The summed E-state index contributed by atoms with van der Waals surface area (Å²) in [5.41, 5.74) is 0. The molecule has 0 unspecified atom stereocenters. The molecule has 0 aromatic carbocycles. The standard InChI is InChI=1S/C10H16F2N2O4/c11-8(12)6-18-5-3-13-10(17)14-4-1-2-7(14)9(15)16/h7-8H,1-6H2,(H,13,17)(H,15,16)/t7-/m1/s1. The minimum atomic E-state index is -2.53. The van der Waals surface area contributed by atoms with Crippen molar-refractivity contribution in [1.29, 1.82) is 0 Å². The van der Waals surface area contributed by atoms with Crippen molar-refractivity contribution in [3.8, 4) is 0 Å². The monoisotopic (exact) mass is 266 g/mol. The number of rotatable bonds is 6. The molecule has 1 rings (SSSR count). The van der Waals surface area contributed by atoms with Gasteiger partial charge in [0.05, 0.1) is 6.61 Å². The summed E-state index contributed by atoms with van der Waals surface area (Å²) in [7, 11) is 0. The summed E-state index contributed by atoms with van der Waals surface area (Å²) in [6.07, 6.45) is -1.45. The van der Waals surface area contributed by atoms with Crippen molar-refractivity contribution in [2.45, 2.75) is 25.3 Å². The lowest BCUT2D eigenvalue weighted by Crippen LogP contribution is -2.46. The number of carbonyl (C=O) groups is 2. The fourth-order valence-corrected chi connectivity index (χ4v) is 1.77. The van der Waals surface area contributed by atoms with Crippen LogP contribution in [-0.2, 0) is 9.53 Å². The van der Waals surface area contributed by atoms with E-state index < -0.39 is 31.1 Å². The number of urea groups is 1. The second-order valence-electron chi connectivity index (χ2n) is 3.89. The fourth-order valence-electron chi connectivity index (χ4n) is 1.77. The van der Waals surface area contributed by atoms with Crippen molar-refractivity contribution in [2.24, 2.45) is 0 Å². The van der Waals surface area contributed by atoms with Crippen molar-refractivity contribution in [3.63, 3.8) is 0 Å². The van der Waals surface area contributed by atoms with E-state index in [9.17, 15) is 18.4 Å². The molecule has 0 aromatic rings. The molecule has 1 aliphatic rings. The summed E-state index contributed by atoms with van der Waals surface area (Å²) in [6, 6.07) is -1.30. The van der Waals surface area contributed by atoms with Gasteiger partial charge in [-0.15, -0.1) is 0 Å². The van der Waals surface area contributed by atoms with Crippen molar-refractivity contribution in [1.82, 2.24) is 10.2 Å². The van der Waals surface area contributed by atoms with Crippen LogP contribution in [0.3, 0.4) is 0 Å². The number of alkyl halides is 2. The maximum absolute atomic E-state index is 11.7. The molecule has 1 aliphatic heterocycles. The lowest BCUT2D eigenvalue weighted by molar-refractivity contribution is -0.141. The van der Waals surface area contributed by atoms with E-state index in [1.165, 1.54) is 4.90 Å². The second-order valence-corrected chi connectivity index (χ2v) is 3.89. The number of aliphatic carboxylic acids is 1. The Morgan fingerprint density at radius 3 is 2.83 bits per heavy atom. The van der Waals surface area contributed by atoms with Crippen LogP contribution in [0.4, 0.5) is 13.6 Å². The Morgan fingerprint density at radius 2 is 2.22 bits per heavy atom. The van der Waals surface area contributed by atoms with Crippen LogP contribution >= 0.6 is 0 Å². The highest BCUT2D eigenvalue weighted by atomic mass is 19.3. The molecule has 1 saturated heterocycles. The van der Waals surface area contributed by atoms with Gasteiger partial charge in [0.2, 0.25) is 0 Å². The van der Waals surface area contributed by atoms with E-state index in [1.807, 2.05) is 0 Å². The van der Waals surface area contributed by atoms with Gasteiger partial charge < -0.3 is 20.1 Å². The van der Waals surface area contributed by atoms with Crippen LogP contribution in [0, 0.1) is 0 Å². The molecular weight excluding hydrogens is 250 g/mol. The maximum atomic E-state index is 11.7. The minimum Gasteiger partial charge on any atom is -0.480 e. The quantitative estimate of drug-likeness (QED) is 0.687. The third-order valence-corrected chi connectivity index (χ3v) is 2.57. The zero-order valence-electron chi connectivity index (χ0n) is 9.77. The molecule has 2 N–H and O–H groups in total. The Labute approximate surface area is 103 Å². The Hall–Kier alpha value is -1.44. The number of amides is 2. The van der Waals surface area contributed by atoms with Gasteiger partial charge in [0.25, 0.3) is 6.43 Å². The van der Waals surface area contributed by atoms with Gasteiger partial charge in [-0.05, 0) is 12.8 Å². The fraction of sp³-hybridized carbons (Fsp3) is 0.800. The van der Waals surface area contributed by atoms with E-state index in [4.69, 9.17) is 5.11 Å². The highest BCUT2D eigenvalue weighted by Crippen LogP contribution is 2.16. The molecule has 1 fully saturated rings. The first-order valence-electron chi connectivity index (χ1n) is 5.65. The van der Waals surface area contributed by atoms with Gasteiger partial charge in [0, 0.05) is 13.1 Å². The molecule has 18 heavy (non-hydrogen) atoms. The third kappa shape index (κ3) is 4.44.